The van der Waals surface area contributed by atoms with Gasteiger partial charge < -0.3 is 4.74 Å². The fourth-order valence-corrected chi connectivity index (χ4v) is 1.58. The minimum atomic E-state index is -0.594. The quantitative estimate of drug-likeness (QED) is 0.470. The Morgan fingerprint density at radius 1 is 1.00 bits per heavy atom. The molecule has 1 heterocycles. The summed E-state index contributed by atoms with van der Waals surface area (Å²) in [7, 11) is 0. The predicted molar refractivity (Wildman–Crippen MR) is 73.2 cm³/mol. The van der Waals surface area contributed by atoms with Crippen molar-refractivity contribution in [1.82, 2.24) is 0 Å². The second-order valence-electron chi connectivity index (χ2n) is 5.48. The molecule has 0 bridgehead atoms. The van der Waals surface area contributed by atoms with Gasteiger partial charge in [-0.15, -0.1) is 0 Å². The molecular formula is C15H15NO4. The summed E-state index contributed by atoms with van der Waals surface area (Å²) in [5, 5.41) is 0. The monoisotopic (exact) mass is 273 g/mol. The van der Waals surface area contributed by atoms with Gasteiger partial charge in [-0.1, -0.05) is 0 Å². The van der Waals surface area contributed by atoms with Gasteiger partial charge in [-0.3, -0.25) is 14.4 Å². The van der Waals surface area contributed by atoms with E-state index in [4.69, 9.17) is 4.74 Å². The van der Waals surface area contributed by atoms with Crippen molar-refractivity contribution < 1.29 is 19.1 Å². The molecule has 1 aromatic carbocycles. The van der Waals surface area contributed by atoms with Crippen LogP contribution in [0.25, 0.3) is 0 Å². The maximum atomic E-state index is 11.7. The first-order valence-corrected chi connectivity index (χ1v) is 6.17. The van der Waals surface area contributed by atoms with Crippen LogP contribution in [0.4, 0.5) is 5.69 Å². The van der Waals surface area contributed by atoms with Crippen molar-refractivity contribution in [2.75, 3.05) is 4.90 Å². The minimum absolute atomic E-state index is 0.347. The van der Waals surface area contributed by atoms with E-state index in [1.54, 1.807) is 45.0 Å². The predicted octanol–water partition coefficient (Wildman–Crippen LogP) is 2.07. The highest BCUT2D eigenvalue weighted by atomic mass is 16.5. The van der Waals surface area contributed by atoms with Gasteiger partial charge in [0.25, 0.3) is 11.8 Å². The number of benzene rings is 1. The van der Waals surface area contributed by atoms with Crippen molar-refractivity contribution in [2.24, 2.45) is 5.41 Å². The van der Waals surface area contributed by atoms with E-state index in [0.29, 0.717) is 11.4 Å². The van der Waals surface area contributed by atoms with Crippen LogP contribution in [0.15, 0.2) is 36.4 Å². The van der Waals surface area contributed by atoms with Crippen molar-refractivity contribution in [3.8, 4) is 5.75 Å². The van der Waals surface area contributed by atoms with Crippen LogP contribution >= 0.6 is 0 Å². The van der Waals surface area contributed by atoms with Crippen molar-refractivity contribution in [1.29, 1.82) is 0 Å². The van der Waals surface area contributed by atoms with E-state index in [9.17, 15) is 14.4 Å². The van der Waals surface area contributed by atoms with Crippen LogP contribution in [0.1, 0.15) is 20.8 Å². The third kappa shape index (κ3) is 2.77. The molecule has 1 aliphatic heterocycles. The highest BCUT2D eigenvalue weighted by Gasteiger charge is 2.26. The van der Waals surface area contributed by atoms with Crippen LogP contribution in [0.5, 0.6) is 5.75 Å². The normalized spacial score (nSPS) is 14.8. The number of anilines is 1. The Kier molecular flexibility index (Phi) is 3.44. The molecule has 2 rings (SSSR count). The number of amides is 2. The molecule has 0 aromatic heterocycles. The largest absolute Gasteiger partial charge is 0.426 e. The van der Waals surface area contributed by atoms with E-state index in [2.05, 4.69) is 0 Å². The second kappa shape index (κ2) is 4.92. The van der Waals surface area contributed by atoms with E-state index in [0.717, 1.165) is 4.90 Å². The number of esters is 1. The molecule has 0 atom stereocenters. The Balaban J connectivity index is 2.13. The van der Waals surface area contributed by atoms with Crippen LogP contribution in [0.3, 0.4) is 0 Å². The van der Waals surface area contributed by atoms with E-state index >= 15 is 0 Å². The third-order valence-corrected chi connectivity index (χ3v) is 2.73. The molecule has 1 aliphatic rings. The standard InChI is InChI=1S/C15H15NO4/c1-15(2,3)14(19)20-11-6-4-10(5-7-11)16-12(17)8-9-13(16)18/h4-9H,1-3H3. The molecule has 2 amide bonds. The highest BCUT2D eigenvalue weighted by molar-refractivity contribution is 6.28. The van der Waals surface area contributed by atoms with Gasteiger partial charge in [0.15, 0.2) is 0 Å². The van der Waals surface area contributed by atoms with Gasteiger partial charge in [-0.2, -0.15) is 0 Å². The van der Waals surface area contributed by atoms with Gasteiger partial charge in [0.05, 0.1) is 11.1 Å². The summed E-state index contributed by atoms with van der Waals surface area (Å²) in [5.74, 6) is -0.732. The molecule has 1 aromatic rings. The zero-order chi connectivity index (χ0) is 14.9. The molecule has 0 unspecified atom stereocenters. The summed E-state index contributed by atoms with van der Waals surface area (Å²) < 4.78 is 5.21. The average molecular weight is 273 g/mol. The first-order valence-electron chi connectivity index (χ1n) is 6.17. The lowest BCUT2D eigenvalue weighted by Crippen LogP contribution is -2.29. The maximum absolute atomic E-state index is 11.7. The van der Waals surface area contributed by atoms with Crippen LogP contribution in [-0.4, -0.2) is 17.8 Å². The first kappa shape index (κ1) is 14.0. The minimum Gasteiger partial charge on any atom is -0.426 e. The third-order valence-electron chi connectivity index (χ3n) is 2.73. The van der Waals surface area contributed by atoms with Crippen LogP contribution < -0.4 is 9.64 Å². The van der Waals surface area contributed by atoms with Crippen molar-refractivity contribution in [3.05, 3.63) is 36.4 Å². The molecule has 20 heavy (non-hydrogen) atoms. The Labute approximate surface area is 116 Å². The van der Waals surface area contributed by atoms with E-state index in [-0.39, 0.29) is 17.8 Å². The van der Waals surface area contributed by atoms with Gasteiger partial charge >= 0.3 is 5.97 Å². The van der Waals surface area contributed by atoms with Crippen LogP contribution in [0.2, 0.25) is 0 Å². The number of rotatable bonds is 2. The molecule has 0 saturated heterocycles. The number of carbonyl (C=O) groups is 3. The van der Waals surface area contributed by atoms with E-state index in [1.807, 2.05) is 0 Å². The zero-order valence-corrected chi connectivity index (χ0v) is 11.5. The molecule has 0 saturated carbocycles. The van der Waals surface area contributed by atoms with Gasteiger partial charge in [0.1, 0.15) is 5.75 Å². The van der Waals surface area contributed by atoms with Gasteiger partial charge in [-0.05, 0) is 45.0 Å². The van der Waals surface area contributed by atoms with Gasteiger partial charge in [0, 0.05) is 12.2 Å². The molecule has 0 spiro atoms. The smallest absolute Gasteiger partial charge is 0.316 e. The molecule has 0 aliphatic carbocycles. The molecular weight excluding hydrogens is 258 g/mol. The number of hydrogen-bond acceptors (Lipinski definition) is 4. The molecule has 0 N–H and O–H groups in total. The molecule has 0 fully saturated rings. The van der Waals surface area contributed by atoms with E-state index in [1.165, 1.54) is 12.2 Å². The fraction of sp³-hybridized carbons (Fsp3) is 0.267. The molecule has 5 nitrogen and oxygen atoms in total. The summed E-state index contributed by atoms with van der Waals surface area (Å²) in [6.07, 6.45) is 2.44. The topological polar surface area (TPSA) is 63.7 Å². The lowest BCUT2D eigenvalue weighted by molar-refractivity contribution is -0.143. The Morgan fingerprint density at radius 2 is 1.50 bits per heavy atom. The highest BCUT2D eigenvalue weighted by Crippen LogP contribution is 2.24. The summed E-state index contributed by atoms with van der Waals surface area (Å²) in [6, 6.07) is 6.23. The van der Waals surface area contributed by atoms with Crippen LogP contribution in [-0.2, 0) is 14.4 Å². The Hall–Kier alpha value is -2.43. The summed E-state index contributed by atoms with van der Waals surface area (Å²) in [4.78, 5) is 35.8. The van der Waals surface area contributed by atoms with E-state index < -0.39 is 5.41 Å². The fourth-order valence-electron chi connectivity index (χ4n) is 1.58. The average Bonchev–Trinajstić information content (AvgIpc) is 2.69. The number of hydrogen-bond donors (Lipinski definition) is 0. The van der Waals surface area contributed by atoms with Crippen LogP contribution in [0, 0.1) is 5.41 Å². The maximum Gasteiger partial charge on any atom is 0.316 e. The number of ether oxygens (including phenoxy) is 1. The lowest BCUT2D eigenvalue weighted by atomic mass is 9.97. The first-order chi connectivity index (χ1) is 9.29. The Bertz CT molecular complexity index is 575. The lowest BCUT2D eigenvalue weighted by Gasteiger charge is -2.17. The van der Waals surface area contributed by atoms with Crippen molar-refractivity contribution in [2.45, 2.75) is 20.8 Å². The SMILES string of the molecule is CC(C)(C)C(=O)Oc1ccc(N2C(=O)C=CC2=O)cc1. The van der Waals surface area contributed by atoms with Crippen molar-refractivity contribution >= 4 is 23.5 Å². The summed E-state index contributed by atoms with van der Waals surface area (Å²) >= 11 is 0. The number of imide groups is 1. The summed E-state index contributed by atoms with van der Waals surface area (Å²) in [5.41, 5.74) is -0.149. The zero-order valence-electron chi connectivity index (χ0n) is 11.5. The van der Waals surface area contributed by atoms with Gasteiger partial charge in [-0.25, -0.2) is 4.90 Å². The molecule has 0 radical (unpaired) electrons. The molecule has 5 heteroatoms. The summed E-state index contributed by atoms with van der Waals surface area (Å²) in [6.45, 7) is 5.28. The number of carbonyl (C=O) groups excluding carboxylic acids is 3. The number of nitrogens with zero attached hydrogens (tertiary/aromatic N) is 1. The Morgan fingerprint density at radius 3 is 1.95 bits per heavy atom. The second-order valence-corrected chi connectivity index (χ2v) is 5.48. The molecule has 104 valence electrons. The van der Waals surface area contributed by atoms with Crippen molar-refractivity contribution in [3.63, 3.8) is 0 Å². The van der Waals surface area contributed by atoms with Gasteiger partial charge in [0.2, 0.25) is 0 Å².